The maximum absolute atomic E-state index is 13.0. The number of piperidine rings is 1. The summed E-state index contributed by atoms with van der Waals surface area (Å²) in [5.74, 6) is 1.69. The van der Waals surface area contributed by atoms with Gasteiger partial charge in [0.15, 0.2) is 0 Å². The fourth-order valence-corrected chi connectivity index (χ4v) is 6.65. The summed E-state index contributed by atoms with van der Waals surface area (Å²) in [6.07, 6.45) is 9.63. The molecule has 1 aliphatic heterocycles. The second-order valence-corrected chi connectivity index (χ2v) is 11.3. The molecule has 1 N–H and O–H groups in total. The monoisotopic (exact) mass is 460 g/mol. The lowest BCUT2D eigenvalue weighted by atomic mass is 9.84. The number of benzene rings is 1. The maximum atomic E-state index is 13.0. The van der Waals surface area contributed by atoms with Crippen molar-refractivity contribution in [2.45, 2.75) is 82.1 Å². The Morgan fingerprint density at radius 1 is 1.12 bits per heavy atom. The van der Waals surface area contributed by atoms with Crippen LogP contribution in [0.1, 0.15) is 70.5 Å². The van der Waals surface area contributed by atoms with Crippen molar-refractivity contribution in [1.82, 2.24) is 19.2 Å². The standard InChI is InChI=1S/C24H36N4O3S/c1-3-18-7-9-19(10-8-18)25-24(29)14-13-23-26-21-17-20(11-12-22(21)27(23)2)32(30,31)28-15-5-4-6-16-28/h11-12,17-19H,3-10,13-16H2,1-2H3,(H,25,29). The van der Waals surface area contributed by atoms with Gasteiger partial charge >= 0.3 is 0 Å². The predicted octanol–water partition coefficient (Wildman–Crippen LogP) is 3.77. The van der Waals surface area contributed by atoms with E-state index in [1.165, 1.54) is 19.3 Å². The molecule has 1 saturated carbocycles. The fourth-order valence-electron chi connectivity index (χ4n) is 5.11. The van der Waals surface area contributed by atoms with E-state index in [1.807, 2.05) is 17.7 Å². The number of sulfonamides is 1. The van der Waals surface area contributed by atoms with Crippen molar-refractivity contribution in [3.8, 4) is 0 Å². The molecule has 4 rings (SSSR count). The Balaban J connectivity index is 1.40. The minimum absolute atomic E-state index is 0.0744. The van der Waals surface area contributed by atoms with E-state index >= 15 is 0 Å². The molecule has 0 spiro atoms. The van der Waals surface area contributed by atoms with Gasteiger partial charge in [-0.25, -0.2) is 13.4 Å². The normalized spacial score (nSPS) is 22.8. The van der Waals surface area contributed by atoms with E-state index in [0.29, 0.717) is 42.4 Å². The van der Waals surface area contributed by atoms with Crippen LogP contribution >= 0.6 is 0 Å². The minimum Gasteiger partial charge on any atom is -0.353 e. The third-order valence-electron chi connectivity index (χ3n) is 7.26. The summed E-state index contributed by atoms with van der Waals surface area (Å²) in [6, 6.07) is 5.48. The topological polar surface area (TPSA) is 84.3 Å². The molecular formula is C24H36N4O3S. The third kappa shape index (κ3) is 5.01. The number of hydrogen-bond acceptors (Lipinski definition) is 4. The number of amides is 1. The molecule has 2 aromatic rings. The summed E-state index contributed by atoms with van der Waals surface area (Å²) >= 11 is 0. The number of aromatic nitrogens is 2. The smallest absolute Gasteiger partial charge is 0.243 e. The highest BCUT2D eigenvalue weighted by atomic mass is 32.2. The number of nitrogens with one attached hydrogen (secondary N) is 1. The van der Waals surface area contributed by atoms with Gasteiger partial charge in [-0.3, -0.25) is 4.79 Å². The van der Waals surface area contributed by atoms with Gasteiger partial charge in [0.2, 0.25) is 15.9 Å². The quantitative estimate of drug-likeness (QED) is 0.682. The zero-order chi connectivity index (χ0) is 22.7. The number of hydrogen-bond donors (Lipinski definition) is 1. The summed E-state index contributed by atoms with van der Waals surface area (Å²) in [7, 11) is -1.56. The van der Waals surface area contributed by atoms with Crippen LogP contribution in [0.15, 0.2) is 23.1 Å². The molecule has 0 bridgehead atoms. The zero-order valence-electron chi connectivity index (χ0n) is 19.3. The van der Waals surface area contributed by atoms with E-state index in [-0.39, 0.29) is 5.91 Å². The lowest BCUT2D eigenvalue weighted by molar-refractivity contribution is -0.122. The van der Waals surface area contributed by atoms with Crippen LogP contribution in [-0.2, 0) is 28.3 Å². The van der Waals surface area contributed by atoms with Gasteiger partial charge in [-0.15, -0.1) is 0 Å². The van der Waals surface area contributed by atoms with Crippen LogP contribution in [0.5, 0.6) is 0 Å². The van der Waals surface area contributed by atoms with Crippen LogP contribution in [0.25, 0.3) is 11.0 Å². The van der Waals surface area contributed by atoms with Crippen LogP contribution in [0.2, 0.25) is 0 Å². The van der Waals surface area contributed by atoms with Gasteiger partial charge in [-0.2, -0.15) is 4.31 Å². The van der Waals surface area contributed by atoms with E-state index < -0.39 is 10.0 Å². The molecule has 1 saturated heterocycles. The zero-order valence-corrected chi connectivity index (χ0v) is 20.2. The molecular weight excluding hydrogens is 424 g/mol. The van der Waals surface area contributed by atoms with Crippen LogP contribution in [0.4, 0.5) is 0 Å². The molecule has 7 nitrogen and oxygen atoms in total. The molecule has 32 heavy (non-hydrogen) atoms. The number of aryl methyl sites for hydroxylation is 2. The first kappa shape index (κ1) is 23.2. The molecule has 176 valence electrons. The first-order valence-electron chi connectivity index (χ1n) is 12.1. The first-order valence-corrected chi connectivity index (χ1v) is 13.6. The number of rotatable bonds is 7. The molecule has 1 amide bonds. The largest absolute Gasteiger partial charge is 0.353 e. The number of carbonyl (C=O) groups is 1. The average Bonchev–Trinajstić information content (AvgIpc) is 3.13. The van der Waals surface area contributed by atoms with Gasteiger partial charge in [0.1, 0.15) is 5.82 Å². The van der Waals surface area contributed by atoms with Crippen molar-refractivity contribution in [3.05, 3.63) is 24.0 Å². The van der Waals surface area contributed by atoms with Gasteiger partial charge in [-0.05, 0) is 62.6 Å². The van der Waals surface area contributed by atoms with E-state index in [9.17, 15) is 13.2 Å². The van der Waals surface area contributed by atoms with Gasteiger partial charge < -0.3 is 9.88 Å². The highest BCUT2D eigenvalue weighted by molar-refractivity contribution is 7.89. The van der Waals surface area contributed by atoms with Crippen molar-refractivity contribution >= 4 is 27.0 Å². The van der Waals surface area contributed by atoms with Gasteiger partial charge in [0.25, 0.3) is 0 Å². The molecule has 1 aromatic carbocycles. The van der Waals surface area contributed by atoms with E-state index in [4.69, 9.17) is 0 Å². The molecule has 8 heteroatoms. The Kier molecular flexibility index (Phi) is 7.20. The van der Waals surface area contributed by atoms with Crippen molar-refractivity contribution in [2.75, 3.05) is 13.1 Å². The Morgan fingerprint density at radius 3 is 2.53 bits per heavy atom. The second-order valence-electron chi connectivity index (χ2n) is 9.40. The fraction of sp³-hybridized carbons (Fsp3) is 0.667. The molecule has 1 aromatic heterocycles. The summed E-state index contributed by atoms with van der Waals surface area (Å²) in [5, 5.41) is 3.19. The molecule has 0 unspecified atom stereocenters. The number of fused-ring (bicyclic) bond motifs is 1. The Morgan fingerprint density at radius 2 is 1.84 bits per heavy atom. The second kappa shape index (κ2) is 9.91. The Labute approximate surface area is 191 Å². The molecule has 0 atom stereocenters. The van der Waals surface area contributed by atoms with Crippen molar-refractivity contribution in [1.29, 1.82) is 0 Å². The summed E-state index contributed by atoms with van der Waals surface area (Å²) in [4.78, 5) is 17.5. The lowest BCUT2D eigenvalue weighted by Gasteiger charge is -2.28. The predicted molar refractivity (Wildman–Crippen MR) is 126 cm³/mol. The minimum atomic E-state index is -3.49. The van der Waals surface area contributed by atoms with Crippen LogP contribution in [0, 0.1) is 5.92 Å². The van der Waals surface area contributed by atoms with Gasteiger partial charge in [-0.1, -0.05) is 19.8 Å². The SMILES string of the molecule is CCC1CCC(NC(=O)CCc2nc3cc(S(=O)(=O)N4CCCCC4)ccc3n2C)CC1. The van der Waals surface area contributed by atoms with E-state index in [2.05, 4.69) is 17.2 Å². The van der Waals surface area contributed by atoms with Crippen molar-refractivity contribution < 1.29 is 13.2 Å². The van der Waals surface area contributed by atoms with Crippen molar-refractivity contribution in [2.24, 2.45) is 13.0 Å². The lowest BCUT2D eigenvalue weighted by Crippen LogP contribution is -2.37. The molecule has 2 fully saturated rings. The number of imidazole rings is 1. The average molecular weight is 461 g/mol. The summed E-state index contributed by atoms with van der Waals surface area (Å²) in [6.45, 7) is 3.42. The van der Waals surface area contributed by atoms with E-state index in [0.717, 1.165) is 49.4 Å². The Bertz CT molecular complexity index is 1050. The highest BCUT2D eigenvalue weighted by Gasteiger charge is 2.27. The van der Waals surface area contributed by atoms with Crippen molar-refractivity contribution in [3.63, 3.8) is 0 Å². The van der Waals surface area contributed by atoms with E-state index in [1.54, 1.807) is 16.4 Å². The maximum Gasteiger partial charge on any atom is 0.243 e. The summed E-state index contributed by atoms with van der Waals surface area (Å²) < 4.78 is 29.6. The third-order valence-corrected chi connectivity index (χ3v) is 9.16. The van der Waals surface area contributed by atoms with Gasteiger partial charge in [0.05, 0.1) is 15.9 Å². The van der Waals surface area contributed by atoms with Crippen LogP contribution in [-0.4, -0.2) is 47.3 Å². The van der Waals surface area contributed by atoms with Crippen LogP contribution < -0.4 is 5.32 Å². The van der Waals surface area contributed by atoms with Crippen LogP contribution in [0.3, 0.4) is 0 Å². The Hall–Kier alpha value is -1.93. The number of carbonyl (C=O) groups excluding carboxylic acids is 1. The molecule has 2 aliphatic rings. The first-order chi connectivity index (χ1) is 15.4. The summed E-state index contributed by atoms with van der Waals surface area (Å²) in [5.41, 5.74) is 1.55. The molecule has 1 aliphatic carbocycles. The van der Waals surface area contributed by atoms with Gasteiger partial charge in [0, 0.05) is 39.0 Å². The number of nitrogens with zero attached hydrogens (tertiary/aromatic N) is 3. The highest BCUT2D eigenvalue weighted by Crippen LogP contribution is 2.27. The molecule has 0 radical (unpaired) electrons. The molecule has 2 heterocycles.